The van der Waals surface area contributed by atoms with Gasteiger partial charge in [0, 0.05) is 18.9 Å². The van der Waals surface area contributed by atoms with E-state index in [2.05, 4.69) is 0 Å². The van der Waals surface area contributed by atoms with Crippen LogP contribution in [0.1, 0.15) is 23.3 Å². The number of phenolic OH excluding ortho intramolecular Hbond substituents is 2. The van der Waals surface area contributed by atoms with Gasteiger partial charge in [0.25, 0.3) is 0 Å². The predicted octanol–water partition coefficient (Wildman–Crippen LogP) is 0.640. The third-order valence-electron chi connectivity index (χ3n) is 8.01. The summed E-state index contributed by atoms with van der Waals surface area (Å²) in [6.07, 6.45) is -8.59. The van der Waals surface area contributed by atoms with Crippen LogP contribution < -0.4 is 18.9 Å². The van der Waals surface area contributed by atoms with E-state index < -0.39 is 61.4 Å². The third-order valence-corrected chi connectivity index (χ3v) is 8.01. The number of ether oxygens (including phenoxy) is 8. The molecule has 2 heterocycles. The van der Waals surface area contributed by atoms with Gasteiger partial charge in [-0.2, -0.15) is 0 Å². The minimum Gasteiger partial charge on any atom is -0.502 e. The van der Waals surface area contributed by atoms with Crippen molar-refractivity contribution in [2.24, 2.45) is 11.8 Å². The molecular formula is C29H40O14. The summed E-state index contributed by atoms with van der Waals surface area (Å²) in [6, 6.07) is 6.48. The lowest BCUT2D eigenvalue weighted by atomic mass is 9.82. The summed E-state index contributed by atoms with van der Waals surface area (Å²) < 4.78 is 45.2. The van der Waals surface area contributed by atoms with Gasteiger partial charge in [0.15, 0.2) is 29.3 Å². The quantitative estimate of drug-likeness (QED) is 0.195. The maximum Gasteiger partial charge on any atom is 0.200 e. The Balaban J connectivity index is 1.72. The Morgan fingerprint density at radius 3 is 1.81 bits per heavy atom. The fourth-order valence-electron chi connectivity index (χ4n) is 5.68. The van der Waals surface area contributed by atoms with Crippen molar-refractivity contribution in [1.29, 1.82) is 0 Å². The first kappa shape index (κ1) is 32.8. The van der Waals surface area contributed by atoms with Crippen molar-refractivity contribution >= 4 is 0 Å². The van der Waals surface area contributed by atoms with Crippen LogP contribution in [0.25, 0.3) is 0 Å². The molecule has 0 spiro atoms. The molecule has 2 aliphatic rings. The van der Waals surface area contributed by atoms with E-state index in [0.717, 1.165) is 0 Å². The van der Waals surface area contributed by atoms with Gasteiger partial charge in [-0.3, -0.25) is 0 Å². The summed E-state index contributed by atoms with van der Waals surface area (Å²) in [5.41, 5.74) is 1.20. The van der Waals surface area contributed by atoms with Crippen molar-refractivity contribution in [1.82, 2.24) is 0 Å². The number of hydrogen-bond donors (Lipinski definition) is 6. The van der Waals surface area contributed by atoms with Crippen LogP contribution in [0.5, 0.6) is 34.5 Å². The van der Waals surface area contributed by atoms with Crippen LogP contribution in [-0.2, 0) is 18.9 Å². The van der Waals surface area contributed by atoms with Gasteiger partial charge in [0.1, 0.15) is 24.4 Å². The summed E-state index contributed by atoms with van der Waals surface area (Å²) in [5.74, 6) is -0.613. The molecule has 43 heavy (non-hydrogen) atoms. The standard InChI is InChI=1S/C29H40O14/c1-36-17-6-13(7-18(37-2)22(17)31)27(40-5)15-11-41-28(14-8-19(38-3)23(32)20(9-14)39-4)16(15)12-42-29-26(35)25(34)24(33)21(10-30)43-29/h6-9,15-16,21,24-35H,10-12H2,1-5H3. The van der Waals surface area contributed by atoms with E-state index in [-0.39, 0.29) is 47.7 Å². The fraction of sp³-hybridized carbons (Fsp3) is 0.586. The Hall–Kier alpha value is -3.08. The van der Waals surface area contributed by atoms with Gasteiger partial charge in [-0.1, -0.05) is 0 Å². The van der Waals surface area contributed by atoms with E-state index in [9.17, 15) is 30.6 Å². The van der Waals surface area contributed by atoms with Gasteiger partial charge in [-0.05, 0) is 35.4 Å². The lowest BCUT2D eigenvalue weighted by molar-refractivity contribution is -0.304. The summed E-state index contributed by atoms with van der Waals surface area (Å²) in [7, 11) is 7.16. The summed E-state index contributed by atoms with van der Waals surface area (Å²) >= 11 is 0. The normalized spacial score (nSPS) is 29.7. The molecule has 14 nitrogen and oxygen atoms in total. The molecule has 6 N–H and O–H groups in total. The molecule has 0 bridgehead atoms. The van der Waals surface area contributed by atoms with E-state index >= 15 is 0 Å². The molecule has 0 aliphatic carbocycles. The second kappa shape index (κ2) is 14.1. The molecule has 2 aromatic rings. The number of aliphatic hydroxyl groups excluding tert-OH is 4. The number of aliphatic hydroxyl groups is 4. The Morgan fingerprint density at radius 1 is 0.791 bits per heavy atom. The summed E-state index contributed by atoms with van der Waals surface area (Å²) in [4.78, 5) is 0. The number of benzene rings is 2. The first-order chi connectivity index (χ1) is 20.6. The van der Waals surface area contributed by atoms with E-state index in [1.165, 1.54) is 35.5 Å². The Kier molecular flexibility index (Phi) is 10.8. The molecule has 9 unspecified atom stereocenters. The average Bonchev–Trinajstić information content (AvgIpc) is 3.43. The minimum absolute atomic E-state index is 0.101. The average molecular weight is 613 g/mol. The first-order valence-electron chi connectivity index (χ1n) is 13.6. The van der Waals surface area contributed by atoms with Crippen LogP contribution in [0.4, 0.5) is 0 Å². The molecular weight excluding hydrogens is 572 g/mol. The molecule has 2 saturated heterocycles. The van der Waals surface area contributed by atoms with Crippen molar-refractivity contribution in [3.63, 3.8) is 0 Å². The minimum atomic E-state index is -1.61. The monoisotopic (exact) mass is 612 g/mol. The highest BCUT2D eigenvalue weighted by Crippen LogP contribution is 2.50. The fourth-order valence-corrected chi connectivity index (χ4v) is 5.68. The van der Waals surface area contributed by atoms with Gasteiger partial charge in [0.05, 0.1) is 60.5 Å². The number of methoxy groups -OCH3 is 5. The molecule has 2 aliphatic heterocycles. The van der Waals surface area contributed by atoms with Crippen molar-refractivity contribution in [3.8, 4) is 34.5 Å². The molecule has 2 fully saturated rings. The van der Waals surface area contributed by atoms with Crippen molar-refractivity contribution in [3.05, 3.63) is 35.4 Å². The largest absolute Gasteiger partial charge is 0.502 e. The highest BCUT2D eigenvalue weighted by atomic mass is 16.7. The molecule has 0 saturated carbocycles. The second-order valence-electron chi connectivity index (χ2n) is 10.3. The van der Waals surface area contributed by atoms with E-state index in [1.807, 2.05) is 0 Å². The third kappa shape index (κ3) is 6.42. The van der Waals surface area contributed by atoms with Gasteiger partial charge in [-0.25, -0.2) is 0 Å². The molecule has 9 atom stereocenters. The van der Waals surface area contributed by atoms with Crippen molar-refractivity contribution in [2.45, 2.75) is 42.9 Å². The topological polar surface area (TPSA) is 195 Å². The number of aromatic hydroxyl groups is 2. The smallest absolute Gasteiger partial charge is 0.200 e. The van der Waals surface area contributed by atoms with Crippen LogP contribution in [0.2, 0.25) is 0 Å². The zero-order valence-corrected chi connectivity index (χ0v) is 24.6. The highest BCUT2D eigenvalue weighted by molar-refractivity contribution is 5.54. The predicted molar refractivity (Wildman–Crippen MR) is 148 cm³/mol. The number of phenols is 2. The summed E-state index contributed by atoms with van der Waals surface area (Å²) in [6.45, 7) is -0.537. The zero-order valence-electron chi connectivity index (χ0n) is 24.6. The summed E-state index contributed by atoms with van der Waals surface area (Å²) in [5, 5.41) is 61.6. The first-order valence-corrected chi connectivity index (χ1v) is 13.6. The molecule has 4 rings (SSSR count). The Bertz CT molecular complexity index is 1170. The van der Waals surface area contributed by atoms with Crippen molar-refractivity contribution in [2.75, 3.05) is 55.4 Å². The van der Waals surface area contributed by atoms with Gasteiger partial charge in [0.2, 0.25) is 11.5 Å². The highest BCUT2D eigenvalue weighted by Gasteiger charge is 2.47. The van der Waals surface area contributed by atoms with E-state index in [0.29, 0.717) is 11.1 Å². The van der Waals surface area contributed by atoms with Crippen LogP contribution >= 0.6 is 0 Å². The molecule has 0 amide bonds. The lowest BCUT2D eigenvalue weighted by Gasteiger charge is -2.40. The zero-order chi connectivity index (χ0) is 31.4. The number of hydrogen-bond acceptors (Lipinski definition) is 14. The molecule has 14 heteroatoms. The maximum atomic E-state index is 10.6. The van der Waals surface area contributed by atoms with Gasteiger partial charge in [-0.15, -0.1) is 0 Å². The SMILES string of the molecule is COc1cc(C(OC)C2COC(c3cc(OC)c(O)c(OC)c3)C2COC2OC(CO)C(O)C(O)C2O)cc(OC)c1O. The molecule has 2 aromatic carbocycles. The van der Waals surface area contributed by atoms with Crippen molar-refractivity contribution < 1.29 is 68.5 Å². The van der Waals surface area contributed by atoms with Crippen LogP contribution in [0.15, 0.2) is 24.3 Å². The maximum absolute atomic E-state index is 10.6. The van der Waals surface area contributed by atoms with Crippen LogP contribution in [-0.4, -0.2) is 117 Å². The van der Waals surface area contributed by atoms with Crippen LogP contribution in [0.3, 0.4) is 0 Å². The van der Waals surface area contributed by atoms with E-state index in [1.54, 1.807) is 24.3 Å². The Morgan fingerprint density at radius 2 is 1.33 bits per heavy atom. The Labute approximate surface area is 248 Å². The molecule has 240 valence electrons. The van der Waals surface area contributed by atoms with E-state index in [4.69, 9.17) is 37.9 Å². The van der Waals surface area contributed by atoms with Gasteiger partial charge >= 0.3 is 0 Å². The lowest BCUT2D eigenvalue weighted by Crippen LogP contribution is -2.59. The molecule has 0 aromatic heterocycles. The van der Waals surface area contributed by atoms with Crippen LogP contribution in [0, 0.1) is 11.8 Å². The second-order valence-corrected chi connectivity index (χ2v) is 10.3. The molecule has 0 radical (unpaired) electrons. The van der Waals surface area contributed by atoms with Gasteiger partial charge < -0.3 is 68.5 Å². The number of rotatable bonds is 12.